The van der Waals surface area contributed by atoms with Gasteiger partial charge < -0.3 is 16.0 Å². The largest absolute Gasteiger partial charge is 0.353 e. The minimum atomic E-state index is -0.517. The van der Waals surface area contributed by atoms with Crippen molar-refractivity contribution in [2.24, 2.45) is 5.73 Å². The van der Waals surface area contributed by atoms with Crippen molar-refractivity contribution in [2.45, 2.75) is 37.3 Å². The van der Waals surface area contributed by atoms with Gasteiger partial charge in [-0.05, 0) is 39.3 Å². The highest BCUT2D eigenvalue weighted by Gasteiger charge is 2.45. The molecule has 0 aromatic heterocycles. The summed E-state index contributed by atoms with van der Waals surface area (Å²) >= 11 is 0. The Morgan fingerprint density at radius 3 is 2.86 bits per heavy atom. The van der Waals surface area contributed by atoms with Gasteiger partial charge in [-0.1, -0.05) is 0 Å². The van der Waals surface area contributed by atoms with Gasteiger partial charge in [0.2, 0.25) is 5.91 Å². The summed E-state index contributed by atoms with van der Waals surface area (Å²) < 4.78 is 0. The maximum atomic E-state index is 11.5. The Labute approximate surface area is 84.8 Å². The van der Waals surface area contributed by atoms with Crippen LogP contribution >= 0.6 is 0 Å². The lowest BCUT2D eigenvalue weighted by Crippen LogP contribution is -2.47. The molecule has 1 aliphatic carbocycles. The van der Waals surface area contributed by atoms with Gasteiger partial charge >= 0.3 is 0 Å². The smallest absolute Gasteiger partial charge is 0.240 e. The monoisotopic (exact) mass is 197 g/mol. The molecule has 0 bridgehead atoms. The van der Waals surface area contributed by atoms with Gasteiger partial charge in [0.1, 0.15) is 0 Å². The second kappa shape index (κ2) is 3.51. The molecule has 2 fully saturated rings. The molecule has 0 aromatic carbocycles. The minimum Gasteiger partial charge on any atom is -0.353 e. The number of hydrogen-bond donors (Lipinski definition) is 2. The number of likely N-dealkylation sites (N-methyl/N-ethyl adjacent to an activating group) is 1. The van der Waals surface area contributed by atoms with Crippen LogP contribution in [0.3, 0.4) is 0 Å². The Morgan fingerprint density at radius 2 is 2.36 bits per heavy atom. The van der Waals surface area contributed by atoms with Crippen LogP contribution in [0.15, 0.2) is 0 Å². The quantitative estimate of drug-likeness (QED) is 0.652. The Hall–Kier alpha value is -0.610. The number of carbonyl (C=O) groups excluding carboxylic acids is 1. The highest BCUT2D eigenvalue weighted by atomic mass is 16.2. The fraction of sp³-hybridized carbons (Fsp3) is 0.900. The predicted molar refractivity (Wildman–Crippen MR) is 54.8 cm³/mol. The summed E-state index contributed by atoms with van der Waals surface area (Å²) in [5, 5.41) is 2.95. The van der Waals surface area contributed by atoms with E-state index in [1.165, 1.54) is 12.8 Å². The number of carbonyl (C=O) groups is 1. The lowest BCUT2D eigenvalue weighted by atomic mass is 10.2. The van der Waals surface area contributed by atoms with E-state index in [0.717, 1.165) is 25.9 Å². The molecule has 3 N–H and O–H groups in total. The first-order valence-corrected chi connectivity index (χ1v) is 5.39. The lowest BCUT2D eigenvalue weighted by Gasteiger charge is -2.20. The number of hydrogen-bond acceptors (Lipinski definition) is 3. The van der Waals surface area contributed by atoms with Crippen LogP contribution in [0.2, 0.25) is 0 Å². The summed E-state index contributed by atoms with van der Waals surface area (Å²) in [6.45, 7) is 1.91. The van der Waals surface area contributed by atoms with Crippen molar-refractivity contribution in [3.8, 4) is 0 Å². The molecule has 1 saturated carbocycles. The van der Waals surface area contributed by atoms with Crippen molar-refractivity contribution < 1.29 is 4.79 Å². The van der Waals surface area contributed by atoms with Crippen LogP contribution in [0.5, 0.6) is 0 Å². The third kappa shape index (κ3) is 1.91. The summed E-state index contributed by atoms with van der Waals surface area (Å²) in [6.07, 6.45) is 4.12. The molecule has 0 spiro atoms. The first-order chi connectivity index (χ1) is 6.62. The third-order valence-electron chi connectivity index (χ3n) is 3.41. The van der Waals surface area contributed by atoms with Crippen LogP contribution in [0.1, 0.15) is 25.7 Å². The molecular formula is C10H19N3O. The zero-order valence-electron chi connectivity index (χ0n) is 8.75. The van der Waals surface area contributed by atoms with E-state index in [4.69, 9.17) is 5.73 Å². The molecule has 4 nitrogen and oxygen atoms in total. The van der Waals surface area contributed by atoms with Crippen LogP contribution < -0.4 is 11.1 Å². The Morgan fingerprint density at radius 1 is 1.64 bits per heavy atom. The Balaban J connectivity index is 1.74. The summed E-state index contributed by atoms with van der Waals surface area (Å²) in [5.41, 5.74) is 5.27. The summed E-state index contributed by atoms with van der Waals surface area (Å²) in [4.78, 5) is 13.8. The fourth-order valence-electron chi connectivity index (χ4n) is 1.99. The topological polar surface area (TPSA) is 58.4 Å². The van der Waals surface area contributed by atoms with Crippen molar-refractivity contribution in [2.75, 3.05) is 20.1 Å². The van der Waals surface area contributed by atoms with Gasteiger partial charge in [-0.25, -0.2) is 0 Å². The highest BCUT2D eigenvalue weighted by Crippen LogP contribution is 2.32. The van der Waals surface area contributed by atoms with E-state index in [-0.39, 0.29) is 5.91 Å². The number of nitrogens with zero attached hydrogens (tertiary/aromatic N) is 1. The van der Waals surface area contributed by atoms with E-state index in [2.05, 4.69) is 17.3 Å². The van der Waals surface area contributed by atoms with E-state index in [0.29, 0.717) is 6.04 Å². The summed E-state index contributed by atoms with van der Waals surface area (Å²) in [5.74, 6) is 0.0396. The van der Waals surface area contributed by atoms with Gasteiger partial charge in [-0.15, -0.1) is 0 Å². The number of rotatable bonds is 3. The molecule has 1 unspecified atom stereocenters. The van der Waals surface area contributed by atoms with Gasteiger partial charge in [-0.2, -0.15) is 0 Å². The standard InChI is InChI=1S/C10H19N3O/c1-13-6-2-3-8(13)7-12-9(14)10(11)4-5-10/h8H,2-7,11H2,1H3,(H,12,14). The zero-order valence-corrected chi connectivity index (χ0v) is 8.75. The van der Waals surface area contributed by atoms with Crippen molar-refractivity contribution in [1.29, 1.82) is 0 Å². The predicted octanol–water partition coefficient (Wildman–Crippen LogP) is -0.312. The van der Waals surface area contributed by atoms with Crippen LogP contribution in [0.4, 0.5) is 0 Å². The molecule has 1 atom stereocenters. The zero-order chi connectivity index (χ0) is 10.2. The number of nitrogens with one attached hydrogen (secondary N) is 1. The van der Waals surface area contributed by atoms with Crippen molar-refractivity contribution in [3.63, 3.8) is 0 Å². The van der Waals surface area contributed by atoms with E-state index in [9.17, 15) is 4.79 Å². The normalized spacial score (nSPS) is 30.3. The highest BCUT2D eigenvalue weighted by molar-refractivity contribution is 5.88. The second-order valence-electron chi connectivity index (χ2n) is 4.64. The van der Waals surface area contributed by atoms with Gasteiger partial charge in [-0.3, -0.25) is 4.79 Å². The van der Waals surface area contributed by atoms with E-state index >= 15 is 0 Å². The molecule has 2 aliphatic rings. The number of likely N-dealkylation sites (tertiary alicyclic amines) is 1. The number of amides is 1. The maximum Gasteiger partial charge on any atom is 0.240 e. The molecule has 1 amide bonds. The van der Waals surface area contributed by atoms with Gasteiger partial charge in [0.05, 0.1) is 5.54 Å². The molecule has 4 heteroatoms. The number of nitrogens with two attached hydrogens (primary N) is 1. The Kier molecular flexibility index (Phi) is 2.49. The van der Waals surface area contributed by atoms with Crippen LogP contribution in [-0.4, -0.2) is 42.5 Å². The lowest BCUT2D eigenvalue weighted by molar-refractivity contribution is -0.123. The van der Waals surface area contributed by atoms with Crippen molar-refractivity contribution >= 4 is 5.91 Å². The SMILES string of the molecule is CN1CCCC1CNC(=O)C1(N)CC1. The average Bonchev–Trinajstić information content (AvgIpc) is 2.77. The Bertz CT molecular complexity index is 238. The molecule has 1 aliphatic heterocycles. The van der Waals surface area contributed by atoms with Gasteiger partial charge in [0.15, 0.2) is 0 Å². The molecule has 0 radical (unpaired) electrons. The first kappa shape index (κ1) is 9.93. The fourth-order valence-corrected chi connectivity index (χ4v) is 1.99. The van der Waals surface area contributed by atoms with Crippen LogP contribution in [-0.2, 0) is 4.79 Å². The molecule has 1 saturated heterocycles. The van der Waals surface area contributed by atoms with Gasteiger partial charge in [0, 0.05) is 12.6 Å². The van der Waals surface area contributed by atoms with E-state index in [1.807, 2.05) is 0 Å². The average molecular weight is 197 g/mol. The van der Waals surface area contributed by atoms with Crippen LogP contribution in [0, 0.1) is 0 Å². The molecule has 1 heterocycles. The minimum absolute atomic E-state index is 0.0396. The second-order valence-corrected chi connectivity index (χ2v) is 4.64. The summed E-state index contributed by atoms with van der Waals surface area (Å²) in [7, 11) is 2.11. The molecule has 80 valence electrons. The van der Waals surface area contributed by atoms with Crippen molar-refractivity contribution in [3.05, 3.63) is 0 Å². The molecular weight excluding hydrogens is 178 g/mol. The van der Waals surface area contributed by atoms with E-state index in [1.54, 1.807) is 0 Å². The van der Waals surface area contributed by atoms with Gasteiger partial charge in [0.25, 0.3) is 0 Å². The van der Waals surface area contributed by atoms with E-state index < -0.39 is 5.54 Å². The molecule has 0 aromatic rings. The summed E-state index contributed by atoms with van der Waals surface area (Å²) in [6, 6.07) is 0.515. The van der Waals surface area contributed by atoms with Crippen molar-refractivity contribution in [1.82, 2.24) is 10.2 Å². The van der Waals surface area contributed by atoms with Crippen LogP contribution in [0.25, 0.3) is 0 Å². The molecule has 14 heavy (non-hydrogen) atoms. The third-order valence-corrected chi connectivity index (χ3v) is 3.41. The maximum absolute atomic E-state index is 11.5. The molecule has 2 rings (SSSR count). The first-order valence-electron chi connectivity index (χ1n) is 5.39.